The Morgan fingerprint density at radius 2 is 1.61 bits per heavy atom. The average Bonchev–Trinajstić information content (AvgIpc) is 2.68. The summed E-state index contributed by atoms with van der Waals surface area (Å²) in [6, 6.07) is 22.2. The van der Waals surface area contributed by atoms with Gasteiger partial charge in [-0.2, -0.15) is 4.72 Å². The minimum Gasteiger partial charge on any atom is -0.360 e. The summed E-state index contributed by atoms with van der Waals surface area (Å²) in [7, 11) is -3.76. The second-order valence-corrected chi connectivity index (χ2v) is 8.31. The van der Waals surface area contributed by atoms with Crippen LogP contribution in [-0.4, -0.2) is 20.5 Å². The van der Waals surface area contributed by atoms with Gasteiger partial charge < -0.3 is 10.6 Å². The Morgan fingerprint density at radius 1 is 0.929 bits per heavy atom. The van der Waals surface area contributed by atoms with E-state index in [2.05, 4.69) is 15.4 Å². The lowest BCUT2D eigenvalue weighted by molar-refractivity contribution is -0.117. The van der Waals surface area contributed by atoms with Gasteiger partial charge in [-0.1, -0.05) is 48.5 Å². The van der Waals surface area contributed by atoms with Gasteiger partial charge in [-0.15, -0.1) is 0 Å². The summed E-state index contributed by atoms with van der Waals surface area (Å²) in [5.74, 6) is -0.483. The summed E-state index contributed by atoms with van der Waals surface area (Å²) < 4.78 is 27.2. The molecule has 1 atom stereocenters. The van der Waals surface area contributed by atoms with Crippen LogP contribution in [0.3, 0.4) is 0 Å². The van der Waals surface area contributed by atoms with E-state index in [4.69, 9.17) is 0 Å². The highest BCUT2D eigenvalue weighted by Crippen LogP contribution is 2.27. The fraction of sp³-hybridized carbons (Fsp3) is 0.0952. The van der Waals surface area contributed by atoms with Crippen molar-refractivity contribution in [2.24, 2.45) is 0 Å². The Balaban J connectivity index is 1.51. The molecule has 1 heterocycles. The molecule has 1 amide bonds. The van der Waals surface area contributed by atoms with Crippen LogP contribution in [0.4, 0.5) is 11.4 Å². The lowest BCUT2D eigenvalue weighted by Crippen LogP contribution is -2.51. The number of anilines is 2. The highest BCUT2D eigenvalue weighted by Gasteiger charge is 2.33. The molecular weight excluding hydrogens is 374 g/mol. The molecule has 3 aromatic rings. The fourth-order valence-corrected chi connectivity index (χ4v) is 4.36. The Hall–Kier alpha value is -3.16. The van der Waals surface area contributed by atoms with Crippen LogP contribution < -0.4 is 15.4 Å². The van der Waals surface area contributed by atoms with E-state index in [9.17, 15) is 13.2 Å². The SMILES string of the molecule is Cc1ccc2c(c1)NC(C(=O)Nc1ccc(-c3ccccc3)cc1)NS2(=O)=O. The van der Waals surface area contributed by atoms with Crippen molar-refractivity contribution < 1.29 is 13.2 Å². The van der Waals surface area contributed by atoms with Crippen molar-refractivity contribution in [2.75, 3.05) is 10.6 Å². The maximum atomic E-state index is 12.6. The van der Waals surface area contributed by atoms with Crippen molar-refractivity contribution in [3.8, 4) is 11.1 Å². The van der Waals surface area contributed by atoms with Gasteiger partial charge in [0, 0.05) is 5.69 Å². The first-order chi connectivity index (χ1) is 13.4. The van der Waals surface area contributed by atoms with Gasteiger partial charge in [0.2, 0.25) is 10.0 Å². The van der Waals surface area contributed by atoms with Crippen molar-refractivity contribution in [2.45, 2.75) is 18.0 Å². The van der Waals surface area contributed by atoms with Crippen molar-refractivity contribution in [1.29, 1.82) is 0 Å². The van der Waals surface area contributed by atoms with E-state index in [0.717, 1.165) is 16.7 Å². The third kappa shape index (κ3) is 3.62. The van der Waals surface area contributed by atoms with Crippen molar-refractivity contribution in [1.82, 2.24) is 4.72 Å². The fourth-order valence-electron chi connectivity index (χ4n) is 3.10. The molecule has 0 bridgehead atoms. The average molecular weight is 393 g/mol. The van der Waals surface area contributed by atoms with Crippen LogP contribution in [0.15, 0.2) is 77.7 Å². The van der Waals surface area contributed by atoms with Crippen LogP contribution in [0.2, 0.25) is 0 Å². The number of carbonyl (C=O) groups is 1. The van der Waals surface area contributed by atoms with Crippen molar-refractivity contribution in [3.05, 3.63) is 78.4 Å². The number of hydrogen-bond donors (Lipinski definition) is 3. The Labute approximate surface area is 163 Å². The van der Waals surface area contributed by atoms with E-state index in [1.165, 1.54) is 6.07 Å². The van der Waals surface area contributed by atoms with Gasteiger partial charge in [-0.25, -0.2) is 8.42 Å². The van der Waals surface area contributed by atoms with Gasteiger partial charge in [0.05, 0.1) is 5.69 Å². The highest BCUT2D eigenvalue weighted by atomic mass is 32.2. The zero-order chi connectivity index (χ0) is 19.7. The molecule has 7 heteroatoms. The van der Waals surface area contributed by atoms with Crippen molar-refractivity contribution in [3.63, 3.8) is 0 Å². The molecule has 0 spiro atoms. The van der Waals surface area contributed by atoms with Gasteiger partial charge in [0.15, 0.2) is 6.17 Å². The van der Waals surface area contributed by atoms with Gasteiger partial charge in [-0.3, -0.25) is 4.79 Å². The maximum absolute atomic E-state index is 12.6. The monoisotopic (exact) mass is 393 g/mol. The molecule has 1 aliphatic rings. The van der Waals surface area contributed by atoms with Gasteiger partial charge in [-0.05, 0) is 47.9 Å². The Kier molecular flexibility index (Phi) is 4.62. The lowest BCUT2D eigenvalue weighted by Gasteiger charge is -2.27. The van der Waals surface area contributed by atoms with Gasteiger partial charge >= 0.3 is 0 Å². The summed E-state index contributed by atoms with van der Waals surface area (Å²) >= 11 is 0. The second-order valence-electron chi connectivity index (χ2n) is 6.63. The molecule has 6 nitrogen and oxygen atoms in total. The van der Waals surface area contributed by atoms with Crippen LogP contribution in [0, 0.1) is 6.92 Å². The molecule has 0 saturated heterocycles. The van der Waals surface area contributed by atoms with E-state index >= 15 is 0 Å². The molecule has 0 fully saturated rings. The summed E-state index contributed by atoms with van der Waals surface area (Å²) in [5, 5.41) is 5.69. The summed E-state index contributed by atoms with van der Waals surface area (Å²) in [4.78, 5) is 12.7. The zero-order valence-electron chi connectivity index (χ0n) is 15.1. The topological polar surface area (TPSA) is 87.3 Å². The third-order valence-electron chi connectivity index (χ3n) is 4.52. The summed E-state index contributed by atoms with van der Waals surface area (Å²) in [6.45, 7) is 1.86. The van der Waals surface area contributed by atoms with E-state index in [-0.39, 0.29) is 4.90 Å². The molecule has 0 saturated carbocycles. The normalized spacial score (nSPS) is 17.2. The van der Waals surface area contributed by atoms with Crippen LogP contribution in [0.25, 0.3) is 11.1 Å². The number of fused-ring (bicyclic) bond motifs is 1. The number of carbonyl (C=O) groups excluding carboxylic acids is 1. The van der Waals surface area contributed by atoms with E-state index in [1.807, 2.05) is 49.4 Å². The molecule has 28 heavy (non-hydrogen) atoms. The first-order valence-electron chi connectivity index (χ1n) is 8.78. The van der Waals surface area contributed by atoms with Gasteiger partial charge in [0.1, 0.15) is 4.90 Å². The van der Waals surface area contributed by atoms with E-state index in [1.54, 1.807) is 24.3 Å². The molecule has 0 radical (unpaired) electrons. The smallest absolute Gasteiger partial charge is 0.262 e. The van der Waals surface area contributed by atoms with Crippen LogP contribution in [0.1, 0.15) is 5.56 Å². The molecule has 142 valence electrons. The molecule has 4 rings (SSSR count). The van der Waals surface area contributed by atoms with E-state index < -0.39 is 22.1 Å². The number of rotatable bonds is 3. The third-order valence-corrected chi connectivity index (χ3v) is 6.00. The molecule has 0 aliphatic carbocycles. The standard InChI is InChI=1S/C21H19N3O3S/c1-14-7-12-19-18(13-14)23-20(24-28(19,26)27)21(25)22-17-10-8-16(9-11-17)15-5-3-2-4-6-15/h2-13,20,23-24H,1H3,(H,22,25). The second kappa shape index (κ2) is 7.10. The largest absolute Gasteiger partial charge is 0.360 e. The Morgan fingerprint density at radius 3 is 2.32 bits per heavy atom. The van der Waals surface area contributed by atoms with Gasteiger partial charge in [0.25, 0.3) is 5.91 Å². The first kappa shape index (κ1) is 18.2. The Bertz CT molecular complexity index is 1130. The summed E-state index contributed by atoms with van der Waals surface area (Å²) in [6.07, 6.45) is -1.09. The molecule has 0 aromatic heterocycles. The maximum Gasteiger partial charge on any atom is 0.262 e. The predicted octanol–water partition coefficient (Wildman–Crippen LogP) is 3.33. The number of nitrogens with one attached hydrogen (secondary N) is 3. The number of hydrogen-bond acceptors (Lipinski definition) is 4. The molecule has 1 aliphatic heterocycles. The predicted molar refractivity (Wildman–Crippen MR) is 109 cm³/mol. The minimum atomic E-state index is -3.76. The van der Waals surface area contributed by atoms with Crippen molar-refractivity contribution >= 4 is 27.3 Å². The lowest BCUT2D eigenvalue weighted by atomic mass is 10.1. The number of amides is 1. The number of benzene rings is 3. The van der Waals surface area contributed by atoms with Crippen LogP contribution in [0.5, 0.6) is 0 Å². The quantitative estimate of drug-likeness (QED) is 0.637. The zero-order valence-corrected chi connectivity index (χ0v) is 16.0. The van der Waals surface area contributed by atoms with E-state index in [0.29, 0.717) is 11.4 Å². The molecule has 3 N–H and O–H groups in total. The minimum absolute atomic E-state index is 0.134. The first-order valence-corrected chi connectivity index (χ1v) is 10.3. The molecule has 3 aromatic carbocycles. The number of aryl methyl sites for hydroxylation is 1. The van der Waals surface area contributed by atoms with Crippen LogP contribution in [-0.2, 0) is 14.8 Å². The molecule has 1 unspecified atom stereocenters. The highest BCUT2D eigenvalue weighted by molar-refractivity contribution is 7.89. The number of sulfonamides is 1. The van der Waals surface area contributed by atoms with Crippen LogP contribution >= 0.6 is 0 Å². The molecular formula is C21H19N3O3S. The summed E-state index contributed by atoms with van der Waals surface area (Å²) in [5.41, 5.74) is 4.01.